The molecule has 0 saturated carbocycles. The van der Waals surface area contributed by atoms with E-state index in [9.17, 15) is 14.4 Å². The van der Waals surface area contributed by atoms with Crippen LogP contribution in [-0.4, -0.2) is 29.6 Å². The Hall–Kier alpha value is -5.24. The highest BCUT2D eigenvalue weighted by atomic mass is 16.5. The fraction of sp³-hybridized carbons (Fsp3) is 0.300. The first kappa shape index (κ1) is 34.1. The van der Waals surface area contributed by atoms with Gasteiger partial charge in [-0.3, -0.25) is 14.4 Å². The second-order valence-corrected chi connectivity index (χ2v) is 12.6. The van der Waals surface area contributed by atoms with Crippen molar-refractivity contribution in [3.63, 3.8) is 0 Å². The van der Waals surface area contributed by atoms with Gasteiger partial charge in [0.2, 0.25) is 18.0 Å². The minimum Gasteiger partial charge on any atom is -0.457 e. The van der Waals surface area contributed by atoms with Gasteiger partial charge in [-0.1, -0.05) is 112 Å². The van der Waals surface area contributed by atoms with Gasteiger partial charge in [0.1, 0.15) is 11.5 Å². The summed E-state index contributed by atoms with van der Waals surface area (Å²) in [6, 6.07) is 34.4. The molecule has 3 amide bonds. The number of rotatable bonds is 14. The van der Waals surface area contributed by atoms with E-state index in [0.29, 0.717) is 35.7 Å². The molecule has 8 heteroatoms. The van der Waals surface area contributed by atoms with Crippen molar-refractivity contribution in [2.45, 2.75) is 59.2 Å². The number of primary amides is 1. The zero-order chi connectivity index (χ0) is 34.0. The average Bonchev–Trinajstić information content (AvgIpc) is 3.19. The molecule has 0 fully saturated rings. The van der Waals surface area contributed by atoms with E-state index < -0.39 is 29.8 Å². The van der Waals surface area contributed by atoms with Crippen LogP contribution in [0.4, 0.5) is 5.69 Å². The summed E-state index contributed by atoms with van der Waals surface area (Å²) in [6.07, 6.45) is 1.36. The number of para-hydroxylation sites is 2. The Labute approximate surface area is 283 Å². The standard InChI is InChI=1S/C40H44N4O4/c1-4-5-21-32(37(41)45)34(24-27(2)3)39(46)43-38-40(47)44(26-28-15-14-20-31(25-28)48-30-18-10-7-11-19-30)35-23-13-12-22-33(35)36(42-38)29-16-8-6-9-17-29/h6-20,22-23,25,27,32,34,38H,4-5,21,24,26H2,1-3H3,(H2,41,45)(H,43,46)/t32-,34+,38?/m0/s1. The lowest BCUT2D eigenvalue weighted by molar-refractivity contribution is -0.136. The molecule has 3 N–H and O–H groups in total. The highest BCUT2D eigenvalue weighted by Gasteiger charge is 2.37. The van der Waals surface area contributed by atoms with Crippen LogP contribution in [0.3, 0.4) is 0 Å². The normalized spacial score (nSPS) is 15.6. The molecule has 0 spiro atoms. The fourth-order valence-electron chi connectivity index (χ4n) is 6.20. The topological polar surface area (TPSA) is 114 Å². The fourth-order valence-corrected chi connectivity index (χ4v) is 6.20. The first-order chi connectivity index (χ1) is 23.2. The Morgan fingerprint density at radius 3 is 2.23 bits per heavy atom. The van der Waals surface area contributed by atoms with Crippen LogP contribution < -0.4 is 20.7 Å². The maximum atomic E-state index is 14.6. The third kappa shape index (κ3) is 8.37. The maximum Gasteiger partial charge on any atom is 0.272 e. The van der Waals surface area contributed by atoms with Crippen LogP contribution in [-0.2, 0) is 20.9 Å². The lowest BCUT2D eigenvalue weighted by atomic mass is 9.81. The number of nitrogens with two attached hydrogens (primary N) is 1. The van der Waals surface area contributed by atoms with Gasteiger partial charge in [0.05, 0.1) is 17.9 Å². The second kappa shape index (κ2) is 16.0. The van der Waals surface area contributed by atoms with E-state index in [2.05, 4.69) is 5.32 Å². The number of amides is 3. The van der Waals surface area contributed by atoms with Crippen molar-refractivity contribution < 1.29 is 19.1 Å². The number of hydrogen-bond acceptors (Lipinski definition) is 5. The van der Waals surface area contributed by atoms with Crippen molar-refractivity contribution in [2.24, 2.45) is 28.5 Å². The predicted octanol–water partition coefficient (Wildman–Crippen LogP) is 7.26. The summed E-state index contributed by atoms with van der Waals surface area (Å²) in [5.41, 5.74) is 9.55. The molecule has 1 aliphatic rings. The van der Waals surface area contributed by atoms with E-state index in [-0.39, 0.29) is 18.4 Å². The lowest BCUT2D eigenvalue weighted by Crippen LogP contribution is -2.50. The number of nitrogens with one attached hydrogen (secondary N) is 1. The number of benzene rings is 4. The molecule has 0 aliphatic carbocycles. The number of anilines is 1. The molecule has 0 bridgehead atoms. The summed E-state index contributed by atoms with van der Waals surface area (Å²) in [5.74, 6) is -1.15. The molecule has 5 rings (SSSR count). The SMILES string of the molecule is CCCC[C@H](C(N)=O)[C@@H](CC(C)C)C(=O)NC1N=C(c2ccccc2)c2ccccc2N(Cc2cccc(Oc3ccccc3)c2)C1=O. The van der Waals surface area contributed by atoms with E-state index in [4.69, 9.17) is 15.5 Å². The average molecular weight is 645 g/mol. The summed E-state index contributed by atoms with van der Waals surface area (Å²) in [4.78, 5) is 48.0. The monoisotopic (exact) mass is 644 g/mol. The molecule has 248 valence electrons. The van der Waals surface area contributed by atoms with Crippen molar-refractivity contribution >= 4 is 29.1 Å². The van der Waals surface area contributed by atoms with E-state index in [1.165, 1.54) is 0 Å². The van der Waals surface area contributed by atoms with Gasteiger partial charge in [-0.15, -0.1) is 0 Å². The van der Waals surface area contributed by atoms with E-state index >= 15 is 0 Å². The van der Waals surface area contributed by atoms with Crippen molar-refractivity contribution in [2.75, 3.05) is 4.90 Å². The molecule has 1 unspecified atom stereocenters. The van der Waals surface area contributed by atoms with Crippen molar-refractivity contribution in [1.82, 2.24) is 5.32 Å². The summed E-state index contributed by atoms with van der Waals surface area (Å²) in [5, 5.41) is 2.97. The third-order valence-corrected chi connectivity index (χ3v) is 8.53. The van der Waals surface area contributed by atoms with E-state index in [0.717, 1.165) is 29.5 Å². The van der Waals surface area contributed by atoms with Gasteiger partial charge in [-0.2, -0.15) is 0 Å². The molecule has 0 saturated heterocycles. The van der Waals surface area contributed by atoms with Crippen molar-refractivity contribution in [3.05, 3.63) is 126 Å². The number of nitrogens with zero attached hydrogens (tertiary/aromatic N) is 2. The first-order valence-corrected chi connectivity index (χ1v) is 16.7. The number of carbonyl (C=O) groups is 3. The Kier molecular flexibility index (Phi) is 11.4. The quantitative estimate of drug-likeness (QED) is 0.150. The highest BCUT2D eigenvalue weighted by Crippen LogP contribution is 2.32. The van der Waals surface area contributed by atoms with Crippen LogP contribution in [0.2, 0.25) is 0 Å². The molecule has 8 nitrogen and oxygen atoms in total. The summed E-state index contributed by atoms with van der Waals surface area (Å²) < 4.78 is 6.08. The van der Waals surface area contributed by atoms with Gasteiger partial charge in [-0.05, 0) is 54.7 Å². The van der Waals surface area contributed by atoms with Gasteiger partial charge in [0.15, 0.2) is 0 Å². The number of carbonyl (C=O) groups excluding carboxylic acids is 3. The van der Waals surface area contributed by atoms with Crippen LogP contribution in [0.1, 0.15) is 63.1 Å². The molecule has 4 aromatic rings. The molecule has 4 aromatic carbocycles. The van der Waals surface area contributed by atoms with Crippen molar-refractivity contribution in [1.29, 1.82) is 0 Å². The number of hydrogen-bond donors (Lipinski definition) is 2. The Morgan fingerprint density at radius 2 is 1.54 bits per heavy atom. The number of unbranched alkanes of at least 4 members (excludes halogenated alkanes) is 1. The lowest BCUT2D eigenvalue weighted by Gasteiger charge is -2.29. The van der Waals surface area contributed by atoms with Crippen LogP contribution in [0.15, 0.2) is 114 Å². The highest BCUT2D eigenvalue weighted by molar-refractivity contribution is 6.20. The second-order valence-electron chi connectivity index (χ2n) is 12.6. The summed E-state index contributed by atoms with van der Waals surface area (Å²) in [6.45, 7) is 6.26. The van der Waals surface area contributed by atoms with E-state index in [1.54, 1.807) is 4.90 Å². The Balaban J connectivity index is 1.54. The number of fused-ring (bicyclic) bond motifs is 1. The van der Waals surface area contributed by atoms with Crippen LogP contribution >= 0.6 is 0 Å². The summed E-state index contributed by atoms with van der Waals surface area (Å²) >= 11 is 0. The van der Waals surface area contributed by atoms with Crippen LogP contribution in [0.25, 0.3) is 0 Å². The van der Waals surface area contributed by atoms with Crippen LogP contribution in [0.5, 0.6) is 11.5 Å². The van der Waals surface area contributed by atoms with Gasteiger partial charge in [0, 0.05) is 23.0 Å². The van der Waals surface area contributed by atoms with Crippen LogP contribution in [0, 0.1) is 17.8 Å². The van der Waals surface area contributed by atoms with Crippen molar-refractivity contribution in [3.8, 4) is 11.5 Å². The van der Waals surface area contributed by atoms with Gasteiger partial charge in [0.25, 0.3) is 5.91 Å². The van der Waals surface area contributed by atoms with Gasteiger partial charge >= 0.3 is 0 Å². The van der Waals surface area contributed by atoms with Gasteiger partial charge < -0.3 is 20.7 Å². The molecule has 1 heterocycles. The van der Waals surface area contributed by atoms with Gasteiger partial charge in [-0.25, -0.2) is 4.99 Å². The number of aliphatic imine (C=N–C) groups is 1. The predicted molar refractivity (Wildman–Crippen MR) is 190 cm³/mol. The molecule has 1 aliphatic heterocycles. The molecule has 48 heavy (non-hydrogen) atoms. The smallest absolute Gasteiger partial charge is 0.272 e. The first-order valence-electron chi connectivity index (χ1n) is 16.7. The zero-order valence-electron chi connectivity index (χ0n) is 27.8. The Morgan fingerprint density at radius 1 is 0.875 bits per heavy atom. The maximum absolute atomic E-state index is 14.6. The number of benzodiazepines with no additional fused rings is 1. The minimum atomic E-state index is -1.24. The largest absolute Gasteiger partial charge is 0.457 e. The van der Waals surface area contributed by atoms with E-state index in [1.807, 2.05) is 130 Å². The Bertz CT molecular complexity index is 1740. The molecular formula is C40H44N4O4. The number of ether oxygens (including phenoxy) is 1. The zero-order valence-corrected chi connectivity index (χ0v) is 27.8. The minimum absolute atomic E-state index is 0.128. The molecule has 0 aromatic heterocycles. The third-order valence-electron chi connectivity index (χ3n) is 8.53. The molecular weight excluding hydrogens is 600 g/mol. The summed E-state index contributed by atoms with van der Waals surface area (Å²) in [7, 11) is 0. The molecule has 3 atom stereocenters. The molecule has 0 radical (unpaired) electrons.